The molecule has 3 rings (SSSR count). The predicted octanol–water partition coefficient (Wildman–Crippen LogP) is 3.90. The van der Waals surface area contributed by atoms with Crippen molar-refractivity contribution in [2.24, 2.45) is 5.92 Å². The van der Waals surface area contributed by atoms with Gasteiger partial charge in [0.15, 0.2) is 5.78 Å². The van der Waals surface area contributed by atoms with Crippen LogP contribution in [0.1, 0.15) is 38.4 Å². The maximum atomic E-state index is 12.8. The van der Waals surface area contributed by atoms with E-state index in [9.17, 15) is 9.59 Å². The fourth-order valence-electron chi connectivity index (χ4n) is 3.18. The SMILES string of the molecule is CCCCCc1nc(-c2ccc(Cl)cc2)cc(=O)n1CC(=O)CC1COC1. The number of ketones is 1. The Balaban J connectivity index is 1.86. The van der Waals surface area contributed by atoms with E-state index in [0.717, 1.165) is 24.8 Å². The minimum Gasteiger partial charge on any atom is -0.381 e. The van der Waals surface area contributed by atoms with E-state index in [1.54, 1.807) is 12.1 Å². The molecule has 0 aliphatic carbocycles. The molecule has 0 atom stereocenters. The number of nitrogens with zero attached hydrogens (tertiary/aromatic N) is 2. The van der Waals surface area contributed by atoms with E-state index < -0.39 is 0 Å². The van der Waals surface area contributed by atoms with Gasteiger partial charge in [0.1, 0.15) is 5.82 Å². The quantitative estimate of drug-likeness (QED) is 0.611. The molecule has 144 valence electrons. The van der Waals surface area contributed by atoms with Gasteiger partial charge in [-0.1, -0.05) is 43.5 Å². The lowest BCUT2D eigenvalue weighted by molar-refractivity contribution is -0.125. The lowest BCUT2D eigenvalue weighted by Gasteiger charge is -2.25. The fourth-order valence-corrected chi connectivity index (χ4v) is 3.31. The largest absolute Gasteiger partial charge is 0.381 e. The minimum absolute atomic E-state index is 0.0585. The summed E-state index contributed by atoms with van der Waals surface area (Å²) in [6, 6.07) is 8.78. The van der Waals surface area contributed by atoms with Gasteiger partial charge in [0, 0.05) is 35.4 Å². The van der Waals surface area contributed by atoms with Crippen LogP contribution in [0.25, 0.3) is 11.3 Å². The first kappa shape index (κ1) is 19.8. The van der Waals surface area contributed by atoms with Gasteiger partial charge in [-0.15, -0.1) is 0 Å². The van der Waals surface area contributed by atoms with Crippen LogP contribution in [0.3, 0.4) is 0 Å². The first-order valence-corrected chi connectivity index (χ1v) is 9.90. The highest BCUT2D eigenvalue weighted by Gasteiger charge is 2.22. The van der Waals surface area contributed by atoms with Gasteiger partial charge in [-0.05, 0) is 18.6 Å². The second-order valence-corrected chi connectivity index (χ2v) is 7.53. The van der Waals surface area contributed by atoms with Crippen LogP contribution < -0.4 is 5.56 Å². The highest BCUT2D eigenvalue weighted by molar-refractivity contribution is 6.30. The van der Waals surface area contributed by atoms with E-state index in [-0.39, 0.29) is 23.8 Å². The van der Waals surface area contributed by atoms with E-state index in [4.69, 9.17) is 21.3 Å². The molecule has 6 heteroatoms. The molecule has 1 saturated heterocycles. The molecule has 0 spiro atoms. The smallest absolute Gasteiger partial charge is 0.254 e. The van der Waals surface area contributed by atoms with E-state index >= 15 is 0 Å². The summed E-state index contributed by atoms with van der Waals surface area (Å²) in [4.78, 5) is 29.9. The zero-order valence-corrected chi connectivity index (χ0v) is 16.4. The van der Waals surface area contributed by atoms with Crippen molar-refractivity contribution >= 4 is 17.4 Å². The number of hydrogen-bond acceptors (Lipinski definition) is 4. The predicted molar refractivity (Wildman–Crippen MR) is 106 cm³/mol. The summed E-state index contributed by atoms with van der Waals surface area (Å²) >= 11 is 5.95. The summed E-state index contributed by atoms with van der Waals surface area (Å²) in [6.07, 6.45) is 4.23. The topological polar surface area (TPSA) is 61.2 Å². The highest BCUT2D eigenvalue weighted by atomic mass is 35.5. The van der Waals surface area contributed by atoms with Crippen molar-refractivity contribution in [2.45, 2.75) is 45.6 Å². The maximum absolute atomic E-state index is 12.8. The molecule has 0 saturated carbocycles. The third-order valence-electron chi connectivity index (χ3n) is 4.79. The third-order valence-corrected chi connectivity index (χ3v) is 5.04. The molecule has 2 aromatic rings. The summed E-state index contributed by atoms with van der Waals surface area (Å²) < 4.78 is 6.67. The first-order chi connectivity index (χ1) is 13.1. The first-order valence-electron chi connectivity index (χ1n) is 9.53. The molecule has 1 aromatic heterocycles. The van der Waals surface area contributed by atoms with Gasteiger partial charge in [0.2, 0.25) is 0 Å². The Morgan fingerprint density at radius 3 is 2.63 bits per heavy atom. The molecule has 5 nitrogen and oxygen atoms in total. The van der Waals surface area contributed by atoms with Crippen molar-refractivity contribution in [2.75, 3.05) is 13.2 Å². The van der Waals surface area contributed by atoms with Crippen molar-refractivity contribution in [3.63, 3.8) is 0 Å². The van der Waals surface area contributed by atoms with Gasteiger partial charge in [-0.25, -0.2) is 4.98 Å². The van der Waals surface area contributed by atoms with Gasteiger partial charge in [-0.3, -0.25) is 14.2 Å². The van der Waals surface area contributed by atoms with E-state index in [1.165, 1.54) is 10.6 Å². The minimum atomic E-state index is -0.181. The van der Waals surface area contributed by atoms with Crippen LogP contribution in [0, 0.1) is 5.92 Å². The molecular weight excluding hydrogens is 364 g/mol. The van der Waals surface area contributed by atoms with Crippen molar-refractivity contribution in [3.8, 4) is 11.3 Å². The fraction of sp³-hybridized carbons (Fsp3) is 0.476. The van der Waals surface area contributed by atoms with E-state index in [0.29, 0.717) is 42.6 Å². The van der Waals surface area contributed by atoms with E-state index in [1.807, 2.05) is 12.1 Å². The van der Waals surface area contributed by atoms with Crippen LogP contribution in [-0.4, -0.2) is 28.5 Å². The number of benzene rings is 1. The Labute approximate surface area is 164 Å². The van der Waals surface area contributed by atoms with Gasteiger partial charge in [-0.2, -0.15) is 0 Å². The van der Waals surface area contributed by atoms with Crippen LogP contribution in [0.2, 0.25) is 5.02 Å². The lowest BCUT2D eigenvalue weighted by atomic mass is 10.0. The average Bonchev–Trinajstić information content (AvgIpc) is 2.61. The molecule has 0 amide bonds. The van der Waals surface area contributed by atoms with Crippen LogP contribution >= 0.6 is 11.6 Å². The third kappa shape index (κ3) is 5.27. The number of carbonyl (C=O) groups is 1. The molecular formula is C21H25ClN2O3. The van der Waals surface area contributed by atoms with Gasteiger partial charge in [0.25, 0.3) is 5.56 Å². The second kappa shape index (κ2) is 9.29. The maximum Gasteiger partial charge on any atom is 0.254 e. The Hall–Kier alpha value is -1.98. The zero-order chi connectivity index (χ0) is 19.2. The summed E-state index contributed by atoms with van der Waals surface area (Å²) in [5, 5.41) is 0.640. The van der Waals surface area contributed by atoms with Crippen molar-refractivity contribution < 1.29 is 9.53 Å². The molecule has 0 bridgehead atoms. The second-order valence-electron chi connectivity index (χ2n) is 7.09. The number of halogens is 1. The normalized spacial score (nSPS) is 14.1. The molecule has 1 aromatic carbocycles. The lowest BCUT2D eigenvalue weighted by Crippen LogP contribution is -2.33. The molecule has 1 aliphatic rings. The molecule has 0 radical (unpaired) electrons. The van der Waals surface area contributed by atoms with Gasteiger partial charge >= 0.3 is 0 Å². The zero-order valence-electron chi connectivity index (χ0n) is 15.6. The van der Waals surface area contributed by atoms with Crippen LogP contribution in [0.15, 0.2) is 35.1 Å². The molecule has 0 unspecified atom stereocenters. The number of carbonyl (C=O) groups excluding carboxylic acids is 1. The highest BCUT2D eigenvalue weighted by Crippen LogP contribution is 2.20. The Morgan fingerprint density at radius 1 is 1.26 bits per heavy atom. The number of aromatic nitrogens is 2. The molecule has 2 heterocycles. The number of hydrogen-bond donors (Lipinski definition) is 0. The van der Waals surface area contributed by atoms with Crippen LogP contribution in [0.4, 0.5) is 0 Å². The monoisotopic (exact) mass is 388 g/mol. The van der Waals surface area contributed by atoms with Gasteiger partial charge < -0.3 is 4.74 Å². The Bertz CT molecular complexity index is 841. The van der Waals surface area contributed by atoms with Crippen molar-refractivity contribution in [3.05, 3.63) is 51.5 Å². The Kier molecular flexibility index (Phi) is 6.80. The summed E-state index contributed by atoms with van der Waals surface area (Å²) in [7, 11) is 0. The summed E-state index contributed by atoms with van der Waals surface area (Å²) in [5.74, 6) is 1.03. The van der Waals surface area contributed by atoms with Crippen molar-refractivity contribution in [1.82, 2.24) is 9.55 Å². The number of aryl methyl sites for hydroxylation is 1. The molecule has 27 heavy (non-hydrogen) atoms. The molecule has 1 fully saturated rings. The van der Waals surface area contributed by atoms with Gasteiger partial charge in [0.05, 0.1) is 25.5 Å². The summed E-state index contributed by atoms with van der Waals surface area (Å²) in [6.45, 7) is 3.50. The number of rotatable bonds is 9. The molecule has 1 aliphatic heterocycles. The van der Waals surface area contributed by atoms with Crippen LogP contribution in [-0.2, 0) is 22.5 Å². The number of ether oxygens (including phenoxy) is 1. The average molecular weight is 389 g/mol. The van der Waals surface area contributed by atoms with Crippen LogP contribution in [0.5, 0.6) is 0 Å². The Morgan fingerprint density at radius 2 is 2.00 bits per heavy atom. The molecule has 0 N–H and O–H groups in total. The van der Waals surface area contributed by atoms with E-state index in [2.05, 4.69) is 6.92 Å². The summed E-state index contributed by atoms with van der Waals surface area (Å²) in [5.41, 5.74) is 1.29. The number of Topliss-reactive ketones (excluding diaryl/α,β-unsaturated/α-hetero) is 1. The van der Waals surface area contributed by atoms with Crippen molar-refractivity contribution in [1.29, 1.82) is 0 Å². The number of unbranched alkanes of at least 4 members (excludes halogenated alkanes) is 2. The standard InChI is InChI=1S/C21H25ClN2O3/c1-2-3-4-5-20-23-19(16-6-8-17(22)9-7-16)11-21(26)24(20)12-18(25)10-15-13-27-14-15/h6-9,11,15H,2-5,10,12-14H2,1H3.